The Hall–Kier alpha value is -4.19. The summed E-state index contributed by atoms with van der Waals surface area (Å²) in [4.78, 5) is 52.0. The number of benzene rings is 3. The molecule has 2 aliphatic rings. The van der Waals surface area contributed by atoms with Gasteiger partial charge in [-0.25, -0.2) is 4.79 Å². The Kier molecular flexibility index (Phi) is 12.5. The fraction of sp³-hybridized carbons (Fsp3) is 0.429. The normalized spacial score (nSPS) is 19.8. The first-order valence-electron chi connectivity index (χ1n) is 18.8. The van der Waals surface area contributed by atoms with Crippen molar-refractivity contribution >= 4 is 68.0 Å². The van der Waals surface area contributed by atoms with E-state index in [2.05, 4.69) is 43.0 Å². The molecule has 1 aliphatic carbocycles. The number of esters is 1. The molecule has 286 valence electrons. The lowest BCUT2D eigenvalue weighted by atomic mass is 9.60. The number of fused-ring (bicyclic) bond motifs is 1. The predicted octanol–water partition coefficient (Wildman–Crippen LogP) is 8.64. The van der Waals surface area contributed by atoms with E-state index >= 15 is 0 Å². The smallest absolute Gasteiger partial charge is 0.338 e. The topological polar surface area (TPSA) is 139 Å². The van der Waals surface area contributed by atoms with Crippen molar-refractivity contribution in [3.8, 4) is 5.75 Å². The van der Waals surface area contributed by atoms with Gasteiger partial charge in [0.2, 0.25) is 5.91 Å². The van der Waals surface area contributed by atoms with Crippen LogP contribution in [0.2, 0.25) is 5.02 Å². The van der Waals surface area contributed by atoms with Gasteiger partial charge in [0.25, 0.3) is 0 Å². The number of Topliss-reactive ketones (excluding diaryl/α,β-unsaturated/α-hetero) is 1. The standard InChI is InChI=1S/C42H49BrClN5O5/c1-4-49(32-11-7-5-8-12-32)25-30-21-29(23-34(43)37(30)45)39(51)54-20-10-6-9-19-46-40(52)42(38(50)27-13-15-31(44)16-14-27)26-47-41(42,2)36-24-28-22-33(53-3)17-18-35(28)48-36/h13-18,21-24,26,32,48H,4-12,19-20,25,45H2,1-3H3,(H,46,52). The summed E-state index contributed by atoms with van der Waals surface area (Å²) in [6.07, 6.45) is 9.58. The Bertz CT molecular complexity index is 2030. The van der Waals surface area contributed by atoms with Gasteiger partial charge in [-0.15, -0.1) is 0 Å². The molecule has 1 saturated carbocycles. The molecule has 1 fully saturated rings. The molecule has 4 N–H and O–H groups in total. The molecule has 1 aliphatic heterocycles. The fourth-order valence-electron chi connectivity index (χ4n) is 7.74. The number of nitrogen functional groups attached to an aromatic ring is 1. The summed E-state index contributed by atoms with van der Waals surface area (Å²) in [7, 11) is 1.60. The maximum atomic E-state index is 14.3. The Morgan fingerprint density at radius 2 is 1.78 bits per heavy atom. The Labute approximate surface area is 330 Å². The zero-order chi connectivity index (χ0) is 38.5. The van der Waals surface area contributed by atoms with Crippen molar-refractivity contribution in [3.63, 3.8) is 0 Å². The van der Waals surface area contributed by atoms with Crippen molar-refractivity contribution in [1.29, 1.82) is 0 Å². The van der Waals surface area contributed by atoms with Crippen LogP contribution in [0.15, 0.2) is 70.1 Å². The van der Waals surface area contributed by atoms with Gasteiger partial charge in [0.1, 0.15) is 11.3 Å². The molecule has 0 spiro atoms. The minimum absolute atomic E-state index is 0.238. The number of nitrogens with zero attached hydrogens (tertiary/aromatic N) is 2. The lowest BCUT2D eigenvalue weighted by Crippen LogP contribution is -2.64. The van der Waals surface area contributed by atoms with E-state index in [-0.39, 0.29) is 12.4 Å². The number of nitrogens with one attached hydrogen (secondary N) is 2. The minimum atomic E-state index is -1.60. The van der Waals surface area contributed by atoms with Crippen molar-refractivity contribution in [3.05, 3.63) is 92.5 Å². The molecule has 3 aromatic carbocycles. The van der Waals surface area contributed by atoms with Crippen molar-refractivity contribution in [2.75, 3.05) is 32.5 Å². The Balaban J connectivity index is 1.06. The largest absolute Gasteiger partial charge is 0.497 e. The van der Waals surface area contributed by atoms with Crippen LogP contribution in [0, 0.1) is 5.41 Å². The molecule has 1 amide bonds. The lowest BCUT2D eigenvalue weighted by Gasteiger charge is -2.47. The average molecular weight is 819 g/mol. The second kappa shape index (κ2) is 17.1. The third-order valence-electron chi connectivity index (χ3n) is 11.1. The number of rotatable bonds is 16. The van der Waals surface area contributed by atoms with Crippen molar-refractivity contribution in [1.82, 2.24) is 15.2 Å². The molecule has 10 nitrogen and oxygen atoms in total. The van der Waals surface area contributed by atoms with Gasteiger partial charge >= 0.3 is 5.97 Å². The summed E-state index contributed by atoms with van der Waals surface area (Å²) in [5, 5.41) is 4.38. The molecular formula is C42H49BrClN5O5. The summed E-state index contributed by atoms with van der Waals surface area (Å²) in [6, 6.07) is 18.2. The molecule has 4 aromatic rings. The van der Waals surface area contributed by atoms with Crippen LogP contribution in [-0.2, 0) is 21.6 Å². The number of ether oxygens (including phenoxy) is 2. The van der Waals surface area contributed by atoms with E-state index in [1.54, 1.807) is 44.4 Å². The van der Waals surface area contributed by atoms with Crippen LogP contribution in [0.5, 0.6) is 5.75 Å². The average Bonchev–Trinajstić information content (AvgIpc) is 3.61. The van der Waals surface area contributed by atoms with Crippen LogP contribution < -0.4 is 15.8 Å². The van der Waals surface area contributed by atoms with Crippen LogP contribution in [0.1, 0.15) is 97.2 Å². The summed E-state index contributed by atoms with van der Waals surface area (Å²) in [6.45, 7) is 6.15. The van der Waals surface area contributed by atoms with Gasteiger partial charge in [0.05, 0.1) is 25.0 Å². The maximum absolute atomic E-state index is 14.3. The van der Waals surface area contributed by atoms with Crippen molar-refractivity contribution < 1.29 is 23.9 Å². The van der Waals surface area contributed by atoms with Crippen LogP contribution in [0.3, 0.4) is 0 Å². The number of ketones is 1. The van der Waals surface area contributed by atoms with Gasteiger partial charge in [0.15, 0.2) is 11.2 Å². The van der Waals surface area contributed by atoms with E-state index in [0.29, 0.717) is 76.1 Å². The van der Waals surface area contributed by atoms with Gasteiger partial charge in [-0.3, -0.25) is 19.5 Å². The molecule has 2 heterocycles. The third kappa shape index (κ3) is 7.95. The van der Waals surface area contributed by atoms with Crippen LogP contribution in [0.25, 0.3) is 10.9 Å². The highest BCUT2D eigenvalue weighted by molar-refractivity contribution is 9.10. The zero-order valence-electron chi connectivity index (χ0n) is 31.2. The molecule has 1 aromatic heterocycles. The number of hydrogen-bond donors (Lipinski definition) is 3. The molecule has 54 heavy (non-hydrogen) atoms. The van der Waals surface area contributed by atoms with Gasteiger partial charge < -0.3 is 25.5 Å². The lowest BCUT2D eigenvalue weighted by molar-refractivity contribution is -0.129. The van der Waals surface area contributed by atoms with E-state index in [0.717, 1.165) is 23.0 Å². The van der Waals surface area contributed by atoms with Gasteiger partial charge in [-0.1, -0.05) is 37.8 Å². The molecule has 0 saturated heterocycles. The number of anilines is 1. The fourth-order valence-corrected chi connectivity index (χ4v) is 8.37. The quantitative estimate of drug-likeness (QED) is 0.0338. The monoisotopic (exact) mass is 817 g/mol. The molecule has 2 atom stereocenters. The maximum Gasteiger partial charge on any atom is 0.338 e. The van der Waals surface area contributed by atoms with Crippen LogP contribution in [0.4, 0.5) is 5.69 Å². The van der Waals surface area contributed by atoms with Gasteiger partial charge in [-0.05, 0) is 128 Å². The summed E-state index contributed by atoms with van der Waals surface area (Å²) in [5.41, 5.74) is 7.52. The number of aromatic nitrogens is 1. The highest BCUT2D eigenvalue weighted by Gasteiger charge is 2.65. The Morgan fingerprint density at radius 3 is 2.46 bits per heavy atom. The summed E-state index contributed by atoms with van der Waals surface area (Å²) in [5.74, 6) is -0.501. The zero-order valence-corrected chi connectivity index (χ0v) is 33.5. The van der Waals surface area contributed by atoms with Gasteiger partial charge in [-0.2, -0.15) is 0 Å². The number of carbonyl (C=O) groups is 3. The first-order chi connectivity index (χ1) is 26.0. The van der Waals surface area contributed by atoms with E-state index in [1.807, 2.05) is 30.3 Å². The number of hydrogen-bond acceptors (Lipinski definition) is 8. The third-order valence-corrected chi connectivity index (χ3v) is 12.0. The number of unbranched alkanes of at least 4 members (excludes halogenated alkanes) is 2. The number of amides is 1. The summed E-state index contributed by atoms with van der Waals surface area (Å²) >= 11 is 9.68. The van der Waals surface area contributed by atoms with Crippen molar-refractivity contribution in [2.24, 2.45) is 10.4 Å². The number of carbonyl (C=O) groups excluding carboxylic acids is 3. The number of nitrogens with two attached hydrogens (primary N) is 1. The number of aromatic amines is 1. The number of halogens is 2. The first kappa shape index (κ1) is 39.5. The number of H-pyrrole nitrogens is 1. The highest BCUT2D eigenvalue weighted by atomic mass is 79.9. The molecule has 6 rings (SSSR count). The number of methoxy groups -OCH3 is 1. The van der Waals surface area contributed by atoms with Crippen LogP contribution >= 0.6 is 27.5 Å². The number of aliphatic imine (C=N–C) groups is 1. The molecule has 2 unspecified atom stereocenters. The van der Waals surface area contributed by atoms with Crippen molar-refractivity contribution in [2.45, 2.75) is 83.3 Å². The molecular weight excluding hydrogens is 770 g/mol. The predicted molar refractivity (Wildman–Crippen MR) is 218 cm³/mol. The highest BCUT2D eigenvalue weighted by Crippen LogP contribution is 2.51. The molecule has 12 heteroatoms. The van der Waals surface area contributed by atoms with E-state index in [4.69, 9.17) is 26.8 Å². The second-order valence-electron chi connectivity index (χ2n) is 14.4. The second-order valence-corrected chi connectivity index (χ2v) is 15.7. The van der Waals surface area contributed by atoms with E-state index in [9.17, 15) is 14.4 Å². The van der Waals surface area contributed by atoms with Crippen LogP contribution in [-0.4, -0.2) is 66.6 Å². The van der Waals surface area contributed by atoms with Gasteiger partial charge in [0, 0.05) is 57.0 Å². The SMILES string of the molecule is CCN(Cc1cc(C(=O)OCCCCCNC(=O)C2(C(=O)c3ccc(Cl)cc3)C=NC2(C)c2cc3cc(OC)ccc3[nH]2)cc(Br)c1N)C1CCCCC1. The molecule has 0 radical (unpaired) electrons. The molecule has 0 bridgehead atoms. The van der Waals surface area contributed by atoms with E-state index in [1.165, 1.54) is 38.3 Å². The minimum Gasteiger partial charge on any atom is -0.497 e. The summed E-state index contributed by atoms with van der Waals surface area (Å²) < 4.78 is 11.7. The van der Waals surface area contributed by atoms with E-state index < -0.39 is 22.8 Å². The first-order valence-corrected chi connectivity index (χ1v) is 20.0. The Morgan fingerprint density at radius 1 is 1.02 bits per heavy atom.